The van der Waals surface area contributed by atoms with Gasteiger partial charge in [-0.2, -0.15) is 4.98 Å². The fourth-order valence-electron chi connectivity index (χ4n) is 3.64. The second-order valence-electron chi connectivity index (χ2n) is 9.12. The van der Waals surface area contributed by atoms with E-state index in [9.17, 15) is 13.7 Å². The Bertz CT molecular complexity index is 923. The van der Waals surface area contributed by atoms with Gasteiger partial charge in [-0.3, -0.25) is 0 Å². The van der Waals surface area contributed by atoms with Gasteiger partial charge in [-0.15, -0.1) is 5.06 Å². The van der Waals surface area contributed by atoms with Gasteiger partial charge in [0.2, 0.25) is 11.7 Å². The molecule has 3 rings (SSSR count). The molecule has 0 N–H and O–H groups in total. The lowest BCUT2D eigenvalue weighted by atomic mass is 9.88. The molecule has 1 aliphatic rings. The number of ether oxygens (including phenoxy) is 1. The van der Waals surface area contributed by atoms with Gasteiger partial charge in [0.15, 0.2) is 10.7 Å². The smallest absolute Gasteiger partial charge is 0.528 e. The first-order chi connectivity index (χ1) is 15.0. The number of benzene rings is 1. The van der Waals surface area contributed by atoms with Crippen LogP contribution < -0.4 is 0 Å². The van der Waals surface area contributed by atoms with E-state index < -0.39 is 28.7 Å². The predicted octanol–water partition coefficient (Wildman–Crippen LogP) is 4.69. The van der Waals surface area contributed by atoms with Crippen molar-refractivity contribution in [2.24, 2.45) is 5.92 Å². The second-order valence-corrected chi connectivity index (χ2v) is 10.5. The topological polar surface area (TPSA) is 101 Å². The van der Waals surface area contributed by atoms with Crippen LogP contribution in [0.25, 0.3) is 11.4 Å². The lowest BCUT2D eigenvalue weighted by Crippen LogP contribution is -2.37. The van der Waals surface area contributed by atoms with Crippen molar-refractivity contribution in [1.29, 1.82) is 0 Å². The van der Waals surface area contributed by atoms with Crippen LogP contribution in [0.3, 0.4) is 0 Å². The molecule has 8 nitrogen and oxygen atoms in total. The number of hydrogen-bond acceptors (Lipinski definition) is 8. The zero-order valence-corrected chi connectivity index (χ0v) is 19.9. The third-order valence-electron chi connectivity index (χ3n) is 5.22. The molecule has 1 saturated heterocycles. The fraction of sp³-hybridized carbons (Fsp3) is 0.591. The molecule has 0 bridgehead atoms. The second kappa shape index (κ2) is 10.2. The van der Waals surface area contributed by atoms with Crippen LogP contribution >= 0.6 is 0 Å². The maximum absolute atomic E-state index is 14.1. The van der Waals surface area contributed by atoms with E-state index in [0.29, 0.717) is 36.3 Å². The number of piperidine rings is 1. The van der Waals surface area contributed by atoms with Crippen molar-refractivity contribution in [3.8, 4) is 11.4 Å². The molecule has 10 heteroatoms. The van der Waals surface area contributed by atoms with Gasteiger partial charge in [0.1, 0.15) is 11.9 Å². The monoisotopic (exact) mass is 467 g/mol. The highest BCUT2D eigenvalue weighted by atomic mass is 32.2. The van der Waals surface area contributed by atoms with Gasteiger partial charge in [0.25, 0.3) is 0 Å². The largest absolute Gasteiger partial charge is 0.612 e. The third kappa shape index (κ3) is 6.66. The van der Waals surface area contributed by atoms with Crippen molar-refractivity contribution in [2.45, 2.75) is 63.4 Å². The Morgan fingerprint density at radius 3 is 2.66 bits per heavy atom. The summed E-state index contributed by atoms with van der Waals surface area (Å²) < 4.78 is 36.2. The minimum Gasteiger partial charge on any atom is -0.612 e. The SMILES string of the molecule is CC(CC1CCN(OC(=O)OC(C)(C)C)CC1)c1nc(-c2ccc([S+](C)[O-])c(F)c2)no1. The van der Waals surface area contributed by atoms with Gasteiger partial charge in [0, 0.05) is 24.6 Å². The van der Waals surface area contributed by atoms with Crippen LogP contribution in [0.4, 0.5) is 9.18 Å². The van der Waals surface area contributed by atoms with Gasteiger partial charge in [0.05, 0.1) is 0 Å². The zero-order valence-electron chi connectivity index (χ0n) is 19.1. The quantitative estimate of drug-likeness (QED) is 0.446. The molecular weight excluding hydrogens is 437 g/mol. The molecule has 1 aromatic carbocycles. The van der Waals surface area contributed by atoms with E-state index in [1.807, 2.05) is 6.92 Å². The maximum Gasteiger partial charge on any atom is 0.528 e. The lowest BCUT2D eigenvalue weighted by molar-refractivity contribution is -0.155. The van der Waals surface area contributed by atoms with Gasteiger partial charge in [-0.1, -0.05) is 12.1 Å². The molecule has 176 valence electrons. The molecule has 2 unspecified atom stereocenters. The van der Waals surface area contributed by atoms with E-state index in [2.05, 4.69) is 10.1 Å². The summed E-state index contributed by atoms with van der Waals surface area (Å²) in [5, 5.41) is 5.62. The molecule has 0 spiro atoms. The summed E-state index contributed by atoms with van der Waals surface area (Å²) in [6.45, 7) is 8.67. The highest BCUT2D eigenvalue weighted by Crippen LogP contribution is 2.30. The highest BCUT2D eigenvalue weighted by Gasteiger charge is 2.27. The number of carbonyl (C=O) groups excluding carboxylic acids is 1. The maximum atomic E-state index is 14.1. The van der Waals surface area contributed by atoms with Crippen LogP contribution in [0, 0.1) is 11.7 Å². The number of aromatic nitrogens is 2. The van der Waals surface area contributed by atoms with Gasteiger partial charge in [-0.25, -0.2) is 9.18 Å². The summed E-state index contributed by atoms with van der Waals surface area (Å²) in [4.78, 5) is 21.7. The Hall–Kier alpha value is -2.17. The average molecular weight is 468 g/mol. The Morgan fingerprint density at radius 2 is 2.06 bits per heavy atom. The molecule has 32 heavy (non-hydrogen) atoms. The summed E-state index contributed by atoms with van der Waals surface area (Å²) in [6, 6.07) is 4.39. The standard InChI is InChI=1S/C22H30FN3O5S/c1-14(12-15-8-10-26(11-9-15)31-21(27)29-22(2,3)4)20-24-19(25-30-20)16-6-7-18(32(5)28)17(23)13-16/h6-7,13-15H,8-12H2,1-5H3. The molecule has 0 aliphatic carbocycles. The average Bonchev–Trinajstić information content (AvgIpc) is 3.18. The Morgan fingerprint density at radius 1 is 1.38 bits per heavy atom. The molecule has 0 amide bonds. The Balaban J connectivity index is 1.51. The lowest BCUT2D eigenvalue weighted by Gasteiger charge is -2.31. The first-order valence-electron chi connectivity index (χ1n) is 10.6. The Labute approximate surface area is 190 Å². The van der Waals surface area contributed by atoms with Crippen molar-refractivity contribution in [2.75, 3.05) is 19.3 Å². The molecule has 1 aromatic heterocycles. The minimum absolute atomic E-state index is 0.0341. The van der Waals surface area contributed by atoms with E-state index in [-0.39, 0.29) is 10.8 Å². The molecule has 1 aliphatic heterocycles. The van der Waals surface area contributed by atoms with E-state index >= 15 is 0 Å². The summed E-state index contributed by atoms with van der Waals surface area (Å²) >= 11 is -1.40. The van der Waals surface area contributed by atoms with E-state index in [1.165, 1.54) is 18.4 Å². The normalized spacial score (nSPS) is 17.7. The van der Waals surface area contributed by atoms with Crippen molar-refractivity contribution >= 4 is 17.3 Å². The molecule has 2 atom stereocenters. The number of halogens is 1. The first-order valence-corrected chi connectivity index (χ1v) is 12.2. The van der Waals surface area contributed by atoms with Crippen molar-refractivity contribution in [1.82, 2.24) is 15.2 Å². The minimum atomic E-state index is -1.40. The zero-order chi connectivity index (χ0) is 23.5. The molecule has 2 heterocycles. The van der Waals surface area contributed by atoms with Gasteiger partial charge in [-0.05, 0) is 75.3 Å². The molecule has 0 saturated carbocycles. The fourth-order valence-corrected chi connectivity index (χ4v) is 4.23. The number of carbonyl (C=O) groups is 1. The highest BCUT2D eigenvalue weighted by molar-refractivity contribution is 7.90. The summed E-state index contributed by atoms with van der Waals surface area (Å²) in [7, 11) is 0. The van der Waals surface area contributed by atoms with Gasteiger partial charge >= 0.3 is 6.16 Å². The number of rotatable bonds is 6. The summed E-state index contributed by atoms with van der Waals surface area (Å²) in [5.41, 5.74) is -0.109. The van der Waals surface area contributed by atoms with Crippen LogP contribution in [0.5, 0.6) is 0 Å². The molecule has 2 aromatic rings. The van der Waals surface area contributed by atoms with E-state index in [1.54, 1.807) is 31.9 Å². The van der Waals surface area contributed by atoms with Crippen LogP contribution in [-0.4, -0.2) is 50.9 Å². The number of hydrogen-bond donors (Lipinski definition) is 0. The van der Waals surface area contributed by atoms with Crippen LogP contribution in [-0.2, 0) is 20.8 Å². The van der Waals surface area contributed by atoms with Crippen molar-refractivity contribution < 1.29 is 27.8 Å². The Kier molecular flexibility index (Phi) is 7.79. The van der Waals surface area contributed by atoms with Gasteiger partial charge < -0.3 is 18.7 Å². The van der Waals surface area contributed by atoms with Crippen LogP contribution in [0.1, 0.15) is 58.8 Å². The number of hydroxylamine groups is 2. The molecular formula is C22H30FN3O5S. The third-order valence-corrected chi connectivity index (χ3v) is 6.17. The van der Waals surface area contributed by atoms with E-state index in [4.69, 9.17) is 14.1 Å². The summed E-state index contributed by atoms with van der Waals surface area (Å²) in [5.74, 6) is 0.709. The van der Waals surface area contributed by atoms with Crippen LogP contribution in [0.15, 0.2) is 27.6 Å². The molecule has 1 fully saturated rings. The molecule has 0 radical (unpaired) electrons. The van der Waals surface area contributed by atoms with Crippen molar-refractivity contribution in [3.05, 3.63) is 29.9 Å². The predicted molar refractivity (Wildman–Crippen MR) is 117 cm³/mol. The van der Waals surface area contributed by atoms with Crippen LogP contribution in [0.2, 0.25) is 0 Å². The summed E-state index contributed by atoms with van der Waals surface area (Å²) in [6.07, 6.45) is 3.34. The van der Waals surface area contributed by atoms with E-state index in [0.717, 1.165) is 19.3 Å². The van der Waals surface area contributed by atoms with Crippen molar-refractivity contribution in [3.63, 3.8) is 0 Å². The number of nitrogens with zero attached hydrogens (tertiary/aromatic N) is 3. The first kappa shape index (κ1) is 24.5.